The van der Waals surface area contributed by atoms with E-state index in [1.54, 1.807) is 50.1 Å². The number of urea groups is 1. The number of hydrogen-bond donors (Lipinski definition) is 11. The molecule has 4 rings (SSSR count). The molecule has 0 radical (unpaired) electrons. The molecule has 86 heavy (non-hydrogen) atoms. The van der Waals surface area contributed by atoms with Crippen molar-refractivity contribution >= 4 is 76.2 Å². The van der Waals surface area contributed by atoms with Crippen LogP contribution >= 0.6 is 0 Å². The standard InChI is InChI=1S/C58H83N11O17/c70-48(14-3-1-2-8-23-61-50(72)37-65-27-29-66(38-52(75)76)31-33-68(40-54(79)80)34-32-67(30-28-65)39-53(77)78)60-24-9-6-15-49(71)62-35-41-16-18-43(19-17-41)55(81)69(36-47-44-12-5-4-11-42(44)22-25-59-47)26-10-7-13-45(56(82)83)63-58(86)64-46(57(84)85)20-21-51(73)74/h4-5,11-12,16-19,22,25,45-46H,1-3,6-10,13-15,20-21,23-24,26-40H2,(H,60,70)(H,61,72)(H,62,71)(H,73,74)(H,75,76)(H,77,78)(H,79,80)(H,82,83)(H,84,85)(H2,63,64,86)/t45-,46-/m1/s1. The molecule has 2 atom stereocenters. The second-order valence-electron chi connectivity index (χ2n) is 21.1. The van der Waals surface area contributed by atoms with Crippen LogP contribution in [-0.4, -0.2) is 236 Å². The number of carboxylic acid groups (broad SMARTS) is 6. The molecule has 0 unspecified atom stereocenters. The van der Waals surface area contributed by atoms with Crippen molar-refractivity contribution in [3.63, 3.8) is 0 Å². The molecule has 0 aliphatic carbocycles. The van der Waals surface area contributed by atoms with Crippen molar-refractivity contribution in [2.45, 2.75) is 109 Å². The van der Waals surface area contributed by atoms with Gasteiger partial charge in [0.2, 0.25) is 17.7 Å². The quantitative estimate of drug-likeness (QED) is 0.0365. The maximum absolute atomic E-state index is 14.1. The van der Waals surface area contributed by atoms with E-state index in [9.17, 15) is 78.3 Å². The van der Waals surface area contributed by atoms with Crippen LogP contribution in [0.5, 0.6) is 0 Å². The molecule has 1 aromatic heterocycles. The average Bonchev–Trinajstić information content (AvgIpc) is 3.40. The highest BCUT2D eigenvalue weighted by atomic mass is 16.4. The number of carbonyl (C=O) groups excluding carboxylic acids is 5. The van der Waals surface area contributed by atoms with Crippen molar-refractivity contribution in [2.75, 3.05) is 98.2 Å². The first-order chi connectivity index (χ1) is 41.1. The number of carboxylic acids is 6. The molecule has 1 fully saturated rings. The van der Waals surface area contributed by atoms with Crippen molar-refractivity contribution in [1.82, 2.24) is 56.1 Å². The molecule has 0 bridgehead atoms. The maximum atomic E-state index is 14.1. The molecule has 1 saturated heterocycles. The molecular formula is C58H83N11O17. The summed E-state index contributed by atoms with van der Waals surface area (Å²) in [6.45, 7) is 2.98. The minimum atomic E-state index is -1.55. The number of hydrogen-bond acceptors (Lipinski definition) is 16. The fourth-order valence-corrected chi connectivity index (χ4v) is 9.53. The Bertz CT molecular complexity index is 2700. The first-order valence-electron chi connectivity index (χ1n) is 29.0. The van der Waals surface area contributed by atoms with E-state index in [1.807, 2.05) is 35.2 Å². The summed E-state index contributed by atoms with van der Waals surface area (Å²) in [6, 6.07) is 12.2. The molecule has 2 aromatic carbocycles. The van der Waals surface area contributed by atoms with Crippen molar-refractivity contribution in [3.8, 4) is 0 Å². The van der Waals surface area contributed by atoms with Gasteiger partial charge in [-0.15, -0.1) is 0 Å². The van der Waals surface area contributed by atoms with E-state index in [0.29, 0.717) is 89.1 Å². The Balaban J connectivity index is 1.13. The van der Waals surface area contributed by atoms with Gasteiger partial charge in [0.25, 0.3) is 5.91 Å². The molecule has 28 heteroatoms. The Morgan fingerprint density at radius 3 is 1.52 bits per heavy atom. The van der Waals surface area contributed by atoms with Crippen LogP contribution in [0.3, 0.4) is 0 Å². The van der Waals surface area contributed by atoms with Gasteiger partial charge in [0.05, 0.1) is 38.4 Å². The predicted octanol–water partition coefficient (Wildman–Crippen LogP) is 1.56. The summed E-state index contributed by atoms with van der Waals surface area (Å²) in [7, 11) is 0. The van der Waals surface area contributed by atoms with Crippen molar-refractivity contribution in [2.24, 2.45) is 0 Å². The Morgan fingerprint density at radius 1 is 0.488 bits per heavy atom. The Morgan fingerprint density at radius 2 is 0.977 bits per heavy atom. The second kappa shape index (κ2) is 38.6. The monoisotopic (exact) mass is 1210 g/mol. The number of rotatable bonds is 37. The maximum Gasteiger partial charge on any atom is 0.326 e. The lowest BCUT2D eigenvalue weighted by molar-refractivity contribution is -0.141. The zero-order valence-corrected chi connectivity index (χ0v) is 48.5. The number of benzene rings is 2. The van der Waals surface area contributed by atoms with Crippen LogP contribution in [-0.2, 0) is 56.2 Å². The third kappa shape index (κ3) is 28.5. The molecule has 2 heterocycles. The number of nitrogens with zero attached hydrogens (tertiary/aromatic N) is 6. The van der Waals surface area contributed by atoms with Crippen molar-refractivity contribution in [1.29, 1.82) is 0 Å². The molecule has 1 aliphatic rings. The van der Waals surface area contributed by atoms with Crippen LogP contribution in [0.2, 0.25) is 0 Å². The normalized spacial score (nSPS) is 14.5. The number of fused-ring (bicyclic) bond motifs is 1. The highest BCUT2D eigenvalue weighted by molar-refractivity contribution is 5.95. The molecule has 0 saturated carbocycles. The molecule has 11 N–H and O–H groups in total. The van der Waals surface area contributed by atoms with E-state index in [-0.39, 0.29) is 115 Å². The zero-order chi connectivity index (χ0) is 62.8. The van der Waals surface area contributed by atoms with Gasteiger partial charge in [0.1, 0.15) is 12.1 Å². The second-order valence-corrected chi connectivity index (χ2v) is 21.1. The lowest BCUT2D eigenvalue weighted by atomic mass is 10.1. The Kier molecular flexibility index (Phi) is 31.5. The summed E-state index contributed by atoms with van der Waals surface area (Å²) in [4.78, 5) is 147. The van der Waals surface area contributed by atoms with Crippen LogP contribution in [0.4, 0.5) is 4.79 Å². The topological polar surface area (TPSA) is 398 Å². The van der Waals surface area contributed by atoms with Crippen LogP contribution < -0.4 is 26.6 Å². The molecule has 3 aromatic rings. The number of amides is 6. The van der Waals surface area contributed by atoms with Gasteiger partial charge in [0.15, 0.2) is 0 Å². The van der Waals surface area contributed by atoms with Gasteiger partial charge >= 0.3 is 41.8 Å². The van der Waals surface area contributed by atoms with E-state index in [2.05, 4.69) is 31.6 Å². The summed E-state index contributed by atoms with van der Waals surface area (Å²) in [5.41, 5.74) is 1.75. The first-order valence-corrected chi connectivity index (χ1v) is 29.0. The molecular weight excluding hydrogens is 1120 g/mol. The Hall–Kier alpha value is -8.34. The number of unbranched alkanes of at least 4 members (excludes halogenated alkanes) is 5. The van der Waals surface area contributed by atoms with Crippen LogP contribution in [0.15, 0.2) is 60.8 Å². The van der Waals surface area contributed by atoms with E-state index >= 15 is 0 Å². The fourth-order valence-electron chi connectivity index (χ4n) is 9.53. The largest absolute Gasteiger partial charge is 0.481 e. The third-order valence-electron chi connectivity index (χ3n) is 14.3. The minimum absolute atomic E-state index is 0.0249. The third-order valence-corrected chi connectivity index (χ3v) is 14.3. The lowest BCUT2D eigenvalue weighted by Gasteiger charge is -2.32. The summed E-state index contributed by atoms with van der Waals surface area (Å²) < 4.78 is 0. The first kappa shape index (κ1) is 70.1. The molecule has 0 spiro atoms. The zero-order valence-electron chi connectivity index (χ0n) is 48.5. The summed E-state index contributed by atoms with van der Waals surface area (Å²) >= 11 is 0. The highest BCUT2D eigenvalue weighted by Gasteiger charge is 2.27. The van der Waals surface area contributed by atoms with Gasteiger partial charge in [-0.05, 0) is 80.5 Å². The number of aromatic nitrogens is 1. The Labute approximate surface area is 498 Å². The van der Waals surface area contributed by atoms with Crippen LogP contribution in [0, 0.1) is 0 Å². The summed E-state index contributed by atoms with van der Waals surface area (Å²) in [5.74, 6) is -8.04. The van der Waals surface area contributed by atoms with Gasteiger partial charge in [-0.25, -0.2) is 14.4 Å². The number of aliphatic carboxylic acids is 6. The minimum Gasteiger partial charge on any atom is -0.481 e. The number of pyridine rings is 1. The van der Waals surface area contributed by atoms with Gasteiger partial charge < -0.3 is 62.1 Å². The van der Waals surface area contributed by atoms with E-state index in [0.717, 1.165) is 29.2 Å². The number of nitrogens with one attached hydrogen (secondary N) is 5. The smallest absolute Gasteiger partial charge is 0.326 e. The lowest BCUT2D eigenvalue weighted by Crippen LogP contribution is -2.51. The fraction of sp³-hybridized carbons (Fsp3) is 0.552. The van der Waals surface area contributed by atoms with Gasteiger partial charge in [-0.1, -0.05) is 49.2 Å². The van der Waals surface area contributed by atoms with Crippen LogP contribution in [0.25, 0.3) is 10.8 Å². The van der Waals surface area contributed by atoms with Gasteiger partial charge in [-0.3, -0.25) is 62.9 Å². The van der Waals surface area contributed by atoms with Gasteiger partial charge in [-0.2, -0.15) is 0 Å². The molecule has 472 valence electrons. The highest BCUT2D eigenvalue weighted by Crippen LogP contribution is 2.20. The predicted molar refractivity (Wildman–Crippen MR) is 312 cm³/mol. The van der Waals surface area contributed by atoms with E-state index in [4.69, 9.17) is 5.11 Å². The average molecular weight is 1210 g/mol. The molecule has 1 aliphatic heterocycles. The summed E-state index contributed by atoms with van der Waals surface area (Å²) in [5, 5.41) is 71.2. The van der Waals surface area contributed by atoms with Crippen LogP contribution in [0.1, 0.15) is 105 Å². The van der Waals surface area contributed by atoms with Crippen molar-refractivity contribution in [3.05, 3.63) is 77.6 Å². The summed E-state index contributed by atoms with van der Waals surface area (Å²) in [6.07, 6.45) is 5.80. The van der Waals surface area contributed by atoms with Crippen molar-refractivity contribution < 1.29 is 83.4 Å². The SMILES string of the molecule is O=C(O)CC[C@@H](NC(=O)N[C@H](CCCCN(Cc1nccc2ccccc12)C(=O)c1ccc(CNC(=O)CCCCNC(=O)CCCCCCNC(=O)CN2CCN(CC(=O)O)CCN(CC(=O)O)CCN(CC(=O)O)CC2)cc1)C(=O)O)C(=O)O. The molecule has 28 nitrogen and oxygen atoms in total. The van der Waals surface area contributed by atoms with E-state index < -0.39 is 66.8 Å². The van der Waals surface area contributed by atoms with Gasteiger partial charge in [0, 0.05) is 115 Å². The van der Waals surface area contributed by atoms with E-state index in [1.165, 1.54) is 0 Å². The number of carbonyl (C=O) groups is 11. The molecule has 6 amide bonds.